The lowest BCUT2D eigenvalue weighted by Crippen LogP contribution is -2.14. The minimum Gasteiger partial charge on any atom is -0.496 e. The molecule has 4 heteroatoms. The molecule has 0 fully saturated rings. The van der Waals surface area contributed by atoms with E-state index in [4.69, 9.17) is 4.74 Å². The van der Waals surface area contributed by atoms with Crippen LogP contribution in [0.5, 0.6) is 5.75 Å². The SMILES string of the molecule is COc1ccc(Br)cc1CNCc1ccccc1F. The van der Waals surface area contributed by atoms with Crippen molar-refractivity contribution in [3.05, 3.63) is 63.9 Å². The quantitative estimate of drug-likeness (QED) is 0.901. The Morgan fingerprint density at radius 1 is 1.11 bits per heavy atom. The van der Waals surface area contributed by atoms with E-state index in [1.807, 2.05) is 24.3 Å². The van der Waals surface area contributed by atoms with Gasteiger partial charge in [0, 0.05) is 28.7 Å². The number of nitrogens with one attached hydrogen (secondary N) is 1. The molecule has 0 atom stereocenters. The zero-order valence-electron chi connectivity index (χ0n) is 10.6. The summed E-state index contributed by atoms with van der Waals surface area (Å²) in [4.78, 5) is 0. The lowest BCUT2D eigenvalue weighted by molar-refractivity contribution is 0.407. The minimum atomic E-state index is -0.184. The average Bonchev–Trinajstić information content (AvgIpc) is 2.41. The van der Waals surface area contributed by atoms with Gasteiger partial charge >= 0.3 is 0 Å². The van der Waals surface area contributed by atoms with E-state index in [0.29, 0.717) is 18.7 Å². The molecule has 0 aromatic heterocycles. The maximum Gasteiger partial charge on any atom is 0.127 e. The van der Waals surface area contributed by atoms with Crippen LogP contribution in [0.3, 0.4) is 0 Å². The maximum absolute atomic E-state index is 13.5. The van der Waals surface area contributed by atoms with Gasteiger partial charge in [0.1, 0.15) is 11.6 Å². The topological polar surface area (TPSA) is 21.3 Å². The van der Waals surface area contributed by atoms with Gasteiger partial charge in [-0.25, -0.2) is 4.39 Å². The third-order valence-corrected chi connectivity index (χ3v) is 3.32. The highest BCUT2D eigenvalue weighted by molar-refractivity contribution is 9.10. The highest BCUT2D eigenvalue weighted by Gasteiger charge is 2.04. The molecule has 2 aromatic carbocycles. The molecule has 0 amide bonds. The van der Waals surface area contributed by atoms with Crippen molar-refractivity contribution in [2.75, 3.05) is 7.11 Å². The Hall–Kier alpha value is -1.39. The van der Waals surface area contributed by atoms with Crippen LogP contribution in [-0.4, -0.2) is 7.11 Å². The van der Waals surface area contributed by atoms with Crippen molar-refractivity contribution in [3.8, 4) is 5.75 Å². The first kappa shape index (κ1) is 14.0. The second-order valence-corrected chi connectivity index (χ2v) is 5.07. The first-order valence-corrected chi connectivity index (χ1v) is 6.76. The van der Waals surface area contributed by atoms with Crippen LogP contribution >= 0.6 is 15.9 Å². The molecule has 0 aliphatic carbocycles. The van der Waals surface area contributed by atoms with Crippen molar-refractivity contribution >= 4 is 15.9 Å². The Kier molecular flexibility index (Phi) is 4.93. The van der Waals surface area contributed by atoms with Gasteiger partial charge in [-0.05, 0) is 24.3 Å². The molecule has 19 heavy (non-hydrogen) atoms. The largest absolute Gasteiger partial charge is 0.496 e. The van der Waals surface area contributed by atoms with E-state index < -0.39 is 0 Å². The van der Waals surface area contributed by atoms with Crippen molar-refractivity contribution in [1.29, 1.82) is 0 Å². The molecule has 0 radical (unpaired) electrons. The van der Waals surface area contributed by atoms with Crippen molar-refractivity contribution in [2.24, 2.45) is 0 Å². The van der Waals surface area contributed by atoms with E-state index in [2.05, 4.69) is 21.2 Å². The van der Waals surface area contributed by atoms with Crippen LogP contribution in [0.4, 0.5) is 4.39 Å². The summed E-state index contributed by atoms with van der Waals surface area (Å²) in [6.07, 6.45) is 0. The van der Waals surface area contributed by atoms with Gasteiger partial charge in [0.2, 0.25) is 0 Å². The van der Waals surface area contributed by atoms with Gasteiger partial charge in [0.15, 0.2) is 0 Å². The number of ether oxygens (including phenoxy) is 1. The molecule has 0 saturated carbocycles. The van der Waals surface area contributed by atoms with E-state index in [9.17, 15) is 4.39 Å². The fourth-order valence-electron chi connectivity index (χ4n) is 1.86. The highest BCUT2D eigenvalue weighted by atomic mass is 79.9. The van der Waals surface area contributed by atoms with Crippen molar-refractivity contribution in [2.45, 2.75) is 13.1 Å². The summed E-state index contributed by atoms with van der Waals surface area (Å²) in [6, 6.07) is 12.6. The maximum atomic E-state index is 13.5. The molecule has 0 aliphatic heterocycles. The van der Waals surface area contributed by atoms with Crippen molar-refractivity contribution in [3.63, 3.8) is 0 Å². The summed E-state index contributed by atoms with van der Waals surface area (Å²) in [5, 5.41) is 3.22. The monoisotopic (exact) mass is 323 g/mol. The van der Waals surface area contributed by atoms with Crippen LogP contribution in [0.2, 0.25) is 0 Å². The molecular weight excluding hydrogens is 309 g/mol. The molecule has 0 bridgehead atoms. The van der Waals surface area contributed by atoms with Crippen LogP contribution in [0.25, 0.3) is 0 Å². The zero-order chi connectivity index (χ0) is 13.7. The predicted molar refractivity (Wildman–Crippen MR) is 77.6 cm³/mol. The summed E-state index contributed by atoms with van der Waals surface area (Å²) >= 11 is 3.43. The predicted octanol–water partition coefficient (Wildman–Crippen LogP) is 3.89. The summed E-state index contributed by atoms with van der Waals surface area (Å²) in [7, 11) is 1.64. The first-order chi connectivity index (χ1) is 9.20. The number of rotatable bonds is 5. The molecule has 2 aromatic rings. The minimum absolute atomic E-state index is 0.184. The molecule has 0 saturated heterocycles. The fourth-order valence-corrected chi connectivity index (χ4v) is 2.27. The Bertz CT molecular complexity index is 560. The van der Waals surface area contributed by atoms with E-state index in [-0.39, 0.29) is 5.82 Å². The van der Waals surface area contributed by atoms with Gasteiger partial charge in [-0.1, -0.05) is 34.1 Å². The van der Waals surface area contributed by atoms with Crippen LogP contribution in [0, 0.1) is 5.82 Å². The van der Waals surface area contributed by atoms with Crippen molar-refractivity contribution < 1.29 is 9.13 Å². The smallest absolute Gasteiger partial charge is 0.127 e. The second kappa shape index (κ2) is 6.68. The molecule has 0 spiro atoms. The standard InChI is InChI=1S/C15H15BrFNO/c1-19-15-7-6-13(16)8-12(15)10-18-9-11-4-2-3-5-14(11)17/h2-8,18H,9-10H2,1H3. The van der Waals surface area contributed by atoms with E-state index in [1.165, 1.54) is 6.07 Å². The Balaban J connectivity index is 2.00. The first-order valence-electron chi connectivity index (χ1n) is 5.97. The molecule has 2 nitrogen and oxygen atoms in total. The second-order valence-electron chi connectivity index (χ2n) is 4.15. The molecule has 2 rings (SSSR count). The average molecular weight is 324 g/mol. The molecule has 0 heterocycles. The highest BCUT2D eigenvalue weighted by Crippen LogP contribution is 2.22. The summed E-state index contributed by atoms with van der Waals surface area (Å²) in [5.74, 6) is 0.639. The van der Waals surface area contributed by atoms with Crippen LogP contribution in [-0.2, 0) is 13.1 Å². The van der Waals surface area contributed by atoms with Crippen LogP contribution in [0.1, 0.15) is 11.1 Å². The summed E-state index contributed by atoms with van der Waals surface area (Å²) < 4.78 is 19.7. The van der Waals surface area contributed by atoms with E-state index in [1.54, 1.807) is 19.2 Å². The lowest BCUT2D eigenvalue weighted by Gasteiger charge is -2.10. The van der Waals surface area contributed by atoms with Gasteiger partial charge in [-0.15, -0.1) is 0 Å². The molecule has 0 unspecified atom stereocenters. The third kappa shape index (κ3) is 3.78. The Morgan fingerprint density at radius 3 is 2.58 bits per heavy atom. The molecular formula is C15H15BrFNO. The number of hydrogen-bond acceptors (Lipinski definition) is 2. The van der Waals surface area contributed by atoms with Gasteiger partial charge in [0.05, 0.1) is 7.11 Å². The van der Waals surface area contributed by atoms with Crippen LogP contribution < -0.4 is 10.1 Å². The van der Waals surface area contributed by atoms with Crippen molar-refractivity contribution in [1.82, 2.24) is 5.32 Å². The number of benzene rings is 2. The van der Waals surface area contributed by atoms with Gasteiger partial charge in [-0.3, -0.25) is 0 Å². The van der Waals surface area contributed by atoms with E-state index in [0.717, 1.165) is 15.8 Å². The molecule has 0 aliphatic rings. The Morgan fingerprint density at radius 2 is 1.84 bits per heavy atom. The van der Waals surface area contributed by atoms with Crippen LogP contribution in [0.15, 0.2) is 46.9 Å². The van der Waals surface area contributed by atoms with Gasteiger partial charge in [-0.2, -0.15) is 0 Å². The summed E-state index contributed by atoms with van der Waals surface area (Å²) in [5.41, 5.74) is 1.70. The number of methoxy groups -OCH3 is 1. The summed E-state index contributed by atoms with van der Waals surface area (Å²) in [6.45, 7) is 1.11. The van der Waals surface area contributed by atoms with Gasteiger partial charge < -0.3 is 10.1 Å². The third-order valence-electron chi connectivity index (χ3n) is 2.83. The Labute approximate surface area is 120 Å². The molecule has 100 valence electrons. The lowest BCUT2D eigenvalue weighted by atomic mass is 10.2. The van der Waals surface area contributed by atoms with E-state index >= 15 is 0 Å². The zero-order valence-corrected chi connectivity index (χ0v) is 12.2. The number of hydrogen-bond donors (Lipinski definition) is 1. The number of halogens is 2. The molecule has 1 N–H and O–H groups in total. The fraction of sp³-hybridized carbons (Fsp3) is 0.200. The van der Waals surface area contributed by atoms with Gasteiger partial charge in [0.25, 0.3) is 0 Å². The normalized spacial score (nSPS) is 10.5.